The van der Waals surface area contributed by atoms with Crippen LogP contribution in [0.25, 0.3) is 0 Å². The smallest absolute Gasteiger partial charge is 0.335 e. The summed E-state index contributed by atoms with van der Waals surface area (Å²) in [6, 6.07) is 5.18. The molecule has 1 aromatic carbocycles. The van der Waals surface area contributed by atoms with Crippen molar-refractivity contribution in [3.8, 4) is 0 Å². The molecule has 0 bridgehead atoms. The van der Waals surface area contributed by atoms with Crippen LogP contribution in [0.4, 0.5) is 4.79 Å². The van der Waals surface area contributed by atoms with Gasteiger partial charge in [0.2, 0.25) is 0 Å². The Labute approximate surface area is 125 Å². The summed E-state index contributed by atoms with van der Waals surface area (Å²) in [7, 11) is 1.81. The van der Waals surface area contributed by atoms with Gasteiger partial charge in [0.1, 0.15) is 0 Å². The minimum Gasteiger partial charge on any atom is -0.478 e. The van der Waals surface area contributed by atoms with E-state index in [4.69, 9.17) is 5.11 Å². The molecule has 0 saturated carbocycles. The number of amides is 2. The van der Waals surface area contributed by atoms with Crippen molar-refractivity contribution in [2.75, 3.05) is 20.1 Å². The van der Waals surface area contributed by atoms with E-state index in [1.165, 1.54) is 0 Å². The number of urea groups is 1. The molecule has 5 heteroatoms. The average molecular weight is 290 g/mol. The molecular weight excluding hydrogens is 268 g/mol. The van der Waals surface area contributed by atoms with E-state index in [0.29, 0.717) is 19.0 Å². The van der Waals surface area contributed by atoms with Crippen molar-refractivity contribution in [3.05, 3.63) is 34.9 Å². The Bertz CT molecular complexity index is 554. The molecule has 0 atom stereocenters. The second-order valence-electron chi connectivity index (χ2n) is 6.02. The standard InChI is InChI=1S/C16H22N2O3/c1-11(2)9-17(3)16(21)18-7-6-12-4-5-13(15(19)20)8-14(12)10-18/h4-5,8,11H,6-7,9-10H2,1-3H3,(H,19,20). The minimum atomic E-state index is -0.932. The number of hydrogen-bond acceptors (Lipinski definition) is 2. The summed E-state index contributed by atoms with van der Waals surface area (Å²) < 4.78 is 0. The molecule has 0 spiro atoms. The van der Waals surface area contributed by atoms with E-state index < -0.39 is 5.97 Å². The van der Waals surface area contributed by atoms with Gasteiger partial charge in [0.25, 0.3) is 0 Å². The second-order valence-corrected chi connectivity index (χ2v) is 6.02. The van der Waals surface area contributed by atoms with E-state index >= 15 is 0 Å². The molecular formula is C16H22N2O3. The zero-order valence-electron chi connectivity index (χ0n) is 12.8. The fraction of sp³-hybridized carbons (Fsp3) is 0.500. The van der Waals surface area contributed by atoms with Crippen LogP contribution in [0.3, 0.4) is 0 Å². The molecule has 2 amide bonds. The summed E-state index contributed by atoms with van der Waals surface area (Å²) in [5.41, 5.74) is 2.35. The molecule has 0 aromatic heterocycles. The van der Waals surface area contributed by atoms with Crippen LogP contribution in [-0.2, 0) is 13.0 Å². The Morgan fingerprint density at radius 2 is 2.05 bits per heavy atom. The first-order valence-electron chi connectivity index (χ1n) is 7.23. The van der Waals surface area contributed by atoms with Gasteiger partial charge >= 0.3 is 12.0 Å². The van der Waals surface area contributed by atoms with Gasteiger partial charge in [-0.1, -0.05) is 19.9 Å². The molecule has 5 nitrogen and oxygen atoms in total. The Balaban J connectivity index is 2.12. The summed E-state index contributed by atoms with van der Waals surface area (Å²) in [4.78, 5) is 27.0. The summed E-state index contributed by atoms with van der Waals surface area (Å²) in [6.45, 7) is 6.04. The largest absolute Gasteiger partial charge is 0.478 e. The van der Waals surface area contributed by atoms with E-state index in [0.717, 1.165) is 24.1 Å². The summed E-state index contributed by atoms with van der Waals surface area (Å²) >= 11 is 0. The number of fused-ring (bicyclic) bond motifs is 1. The third-order valence-electron chi connectivity index (χ3n) is 3.70. The van der Waals surface area contributed by atoms with E-state index in [9.17, 15) is 9.59 Å². The highest BCUT2D eigenvalue weighted by Gasteiger charge is 2.24. The van der Waals surface area contributed by atoms with Crippen molar-refractivity contribution in [2.24, 2.45) is 5.92 Å². The number of rotatable bonds is 3. The van der Waals surface area contributed by atoms with Gasteiger partial charge in [-0.2, -0.15) is 0 Å². The van der Waals surface area contributed by atoms with Crippen LogP contribution in [0.15, 0.2) is 18.2 Å². The fourth-order valence-electron chi connectivity index (χ4n) is 2.72. The molecule has 0 unspecified atom stereocenters. The van der Waals surface area contributed by atoms with E-state index in [-0.39, 0.29) is 11.6 Å². The maximum atomic E-state index is 12.4. The molecule has 1 aliphatic heterocycles. The fourth-order valence-corrected chi connectivity index (χ4v) is 2.72. The van der Waals surface area contributed by atoms with Crippen LogP contribution < -0.4 is 0 Å². The molecule has 1 aliphatic rings. The predicted molar refractivity (Wildman–Crippen MR) is 80.4 cm³/mol. The lowest BCUT2D eigenvalue weighted by Gasteiger charge is -2.33. The van der Waals surface area contributed by atoms with Crippen LogP contribution in [0, 0.1) is 5.92 Å². The molecule has 1 heterocycles. The molecule has 2 rings (SSSR count). The highest BCUT2D eigenvalue weighted by atomic mass is 16.4. The molecule has 0 fully saturated rings. The number of aromatic carboxylic acids is 1. The van der Waals surface area contributed by atoms with Gasteiger partial charge < -0.3 is 14.9 Å². The van der Waals surface area contributed by atoms with E-state index in [1.807, 2.05) is 13.1 Å². The van der Waals surface area contributed by atoms with E-state index in [2.05, 4.69) is 13.8 Å². The van der Waals surface area contributed by atoms with E-state index in [1.54, 1.807) is 21.9 Å². The van der Waals surface area contributed by atoms with Crippen molar-refractivity contribution in [1.82, 2.24) is 9.80 Å². The van der Waals surface area contributed by atoms with Gasteiger partial charge in [0, 0.05) is 26.7 Å². The maximum absolute atomic E-state index is 12.4. The molecule has 114 valence electrons. The van der Waals surface area contributed by atoms with Gasteiger partial charge in [-0.05, 0) is 35.6 Å². The lowest BCUT2D eigenvalue weighted by Crippen LogP contribution is -2.44. The van der Waals surface area contributed by atoms with Crippen molar-refractivity contribution in [2.45, 2.75) is 26.8 Å². The Hall–Kier alpha value is -2.04. The number of carbonyl (C=O) groups is 2. The number of nitrogens with zero attached hydrogens (tertiary/aromatic N) is 2. The Morgan fingerprint density at radius 3 is 2.67 bits per heavy atom. The number of carbonyl (C=O) groups excluding carboxylic acids is 1. The Kier molecular flexibility index (Phi) is 4.50. The second kappa shape index (κ2) is 6.16. The highest BCUT2D eigenvalue weighted by Crippen LogP contribution is 2.21. The van der Waals surface area contributed by atoms with Crippen LogP contribution in [0.1, 0.15) is 35.3 Å². The number of benzene rings is 1. The SMILES string of the molecule is CC(C)CN(C)C(=O)N1CCc2ccc(C(=O)O)cc2C1. The topological polar surface area (TPSA) is 60.9 Å². The monoisotopic (exact) mass is 290 g/mol. The van der Waals surface area contributed by atoms with Crippen LogP contribution in [-0.4, -0.2) is 47.0 Å². The number of carboxylic acids is 1. The van der Waals surface area contributed by atoms with Crippen LogP contribution in [0.5, 0.6) is 0 Å². The zero-order valence-corrected chi connectivity index (χ0v) is 12.8. The highest BCUT2D eigenvalue weighted by molar-refractivity contribution is 5.88. The summed E-state index contributed by atoms with van der Waals surface area (Å²) in [5.74, 6) is -0.507. The lowest BCUT2D eigenvalue weighted by molar-refractivity contribution is 0.0696. The van der Waals surface area contributed by atoms with Gasteiger partial charge in [-0.3, -0.25) is 0 Å². The van der Waals surface area contributed by atoms with Crippen molar-refractivity contribution < 1.29 is 14.7 Å². The van der Waals surface area contributed by atoms with Crippen molar-refractivity contribution in [1.29, 1.82) is 0 Å². The van der Waals surface area contributed by atoms with Gasteiger partial charge in [-0.25, -0.2) is 9.59 Å². The molecule has 1 aromatic rings. The summed E-state index contributed by atoms with van der Waals surface area (Å²) in [5, 5.41) is 9.06. The van der Waals surface area contributed by atoms with Crippen LogP contribution >= 0.6 is 0 Å². The molecule has 0 aliphatic carbocycles. The quantitative estimate of drug-likeness (QED) is 0.930. The molecule has 1 N–H and O–H groups in total. The average Bonchev–Trinajstić information content (AvgIpc) is 2.44. The number of carboxylic acid groups (broad SMARTS) is 1. The first-order chi connectivity index (χ1) is 9.88. The lowest BCUT2D eigenvalue weighted by atomic mass is 9.97. The third kappa shape index (κ3) is 3.54. The first-order valence-corrected chi connectivity index (χ1v) is 7.23. The molecule has 0 radical (unpaired) electrons. The maximum Gasteiger partial charge on any atom is 0.335 e. The molecule has 0 saturated heterocycles. The first kappa shape index (κ1) is 15.4. The predicted octanol–water partition coefficient (Wildman–Crippen LogP) is 2.45. The van der Waals surface area contributed by atoms with Crippen molar-refractivity contribution in [3.63, 3.8) is 0 Å². The van der Waals surface area contributed by atoms with Gasteiger partial charge in [0.05, 0.1) is 5.56 Å². The van der Waals surface area contributed by atoms with Gasteiger partial charge in [0.15, 0.2) is 0 Å². The third-order valence-corrected chi connectivity index (χ3v) is 3.70. The van der Waals surface area contributed by atoms with Gasteiger partial charge in [-0.15, -0.1) is 0 Å². The molecule has 21 heavy (non-hydrogen) atoms. The normalized spacial score (nSPS) is 14.0. The summed E-state index contributed by atoms with van der Waals surface area (Å²) in [6.07, 6.45) is 0.774. The van der Waals surface area contributed by atoms with Crippen LogP contribution in [0.2, 0.25) is 0 Å². The Morgan fingerprint density at radius 1 is 1.33 bits per heavy atom. The van der Waals surface area contributed by atoms with Crippen molar-refractivity contribution >= 4 is 12.0 Å². The number of hydrogen-bond donors (Lipinski definition) is 1. The minimum absolute atomic E-state index is 0.00933. The zero-order chi connectivity index (χ0) is 15.6.